The predicted molar refractivity (Wildman–Crippen MR) is 132 cm³/mol. The van der Waals surface area contributed by atoms with E-state index in [2.05, 4.69) is 50.4 Å². The summed E-state index contributed by atoms with van der Waals surface area (Å²) in [5, 5.41) is 14.7. The van der Waals surface area contributed by atoms with E-state index in [-0.39, 0.29) is 30.0 Å². The molecule has 3 amide bonds. The molecule has 7 nitrogen and oxygen atoms in total. The number of aliphatic hydroxyl groups is 1. The minimum absolute atomic E-state index is 0.219. The summed E-state index contributed by atoms with van der Waals surface area (Å²) in [6, 6.07) is 20.1. The van der Waals surface area contributed by atoms with Gasteiger partial charge < -0.3 is 14.3 Å². The number of nitrogens with zero attached hydrogens (tertiary/aromatic N) is 1. The number of benzene rings is 2. The van der Waals surface area contributed by atoms with Crippen LogP contribution in [0.4, 0.5) is 4.79 Å². The van der Waals surface area contributed by atoms with Gasteiger partial charge in [0.15, 0.2) is 0 Å². The topological polar surface area (TPSA) is 88.1 Å². The smallest absolute Gasteiger partial charge is 0.326 e. The van der Waals surface area contributed by atoms with E-state index >= 15 is 0 Å². The highest BCUT2D eigenvalue weighted by atomic mass is 28.4. The molecular weight excluding hydrogens is 448 g/mol. The van der Waals surface area contributed by atoms with E-state index < -0.39 is 32.8 Å². The van der Waals surface area contributed by atoms with Gasteiger partial charge in [-0.1, -0.05) is 88.4 Å². The molecule has 2 saturated heterocycles. The summed E-state index contributed by atoms with van der Waals surface area (Å²) in [6.45, 7) is 8.44. The second-order valence-electron chi connectivity index (χ2n) is 10.2. The standard InChI is InChI=1S/C26H34N2O5Si/c1-18-16-28(25(31)27-24(18)30)23-15-21(22(17-29)32-23)33-34(26(2,3)4,19-11-7-5-8-12-19)20-13-9-6-10-14-20/h5-14,18,21-23,29H,15-17H2,1-4H3,(H,27,30,31)/t18?,21-,22+,23+/m0/s1. The van der Waals surface area contributed by atoms with Gasteiger partial charge in [-0.05, 0) is 15.4 Å². The molecule has 2 aliphatic heterocycles. The Hall–Kier alpha value is -2.52. The first-order valence-electron chi connectivity index (χ1n) is 11.8. The minimum atomic E-state index is -2.86. The molecule has 2 fully saturated rings. The normalized spacial score (nSPS) is 26.0. The number of carbonyl (C=O) groups excluding carboxylic acids is 2. The van der Waals surface area contributed by atoms with Crippen LogP contribution < -0.4 is 15.7 Å². The monoisotopic (exact) mass is 482 g/mol. The van der Waals surface area contributed by atoms with Crippen molar-refractivity contribution >= 4 is 30.6 Å². The Labute approximate surface area is 202 Å². The maximum atomic E-state index is 12.5. The molecule has 2 aromatic rings. The molecule has 4 atom stereocenters. The average Bonchev–Trinajstić information content (AvgIpc) is 3.22. The average molecular weight is 483 g/mol. The summed E-state index contributed by atoms with van der Waals surface area (Å²) in [4.78, 5) is 26.0. The number of hydrogen-bond donors (Lipinski definition) is 2. The van der Waals surface area contributed by atoms with Crippen LogP contribution in [-0.4, -0.2) is 61.8 Å². The van der Waals surface area contributed by atoms with Crippen LogP contribution in [0, 0.1) is 5.92 Å². The molecule has 8 heteroatoms. The van der Waals surface area contributed by atoms with Gasteiger partial charge in [-0.15, -0.1) is 0 Å². The maximum Gasteiger partial charge on any atom is 0.326 e. The molecule has 0 saturated carbocycles. The number of carbonyl (C=O) groups is 2. The first-order valence-corrected chi connectivity index (χ1v) is 13.7. The highest BCUT2D eigenvalue weighted by molar-refractivity contribution is 6.99. The van der Waals surface area contributed by atoms with Crippen molar-refractivity contribution in [3.8, 4) is 0 Å². The number of ether oxygens (including phenoxy) is 1. The summed E-state index contributed by atoms with van der Waals surface area (Å²) in [7, 11) is -2.86. The third-order valence-corrected chi connectivity index (χ3v) is 11.9. The second-order valence-corrected chi connectivity index (χ2v) is 14.5. The molecule has 182 valence electrons. The Bertz CT molecular complexity index is 971. The Kier molecular flexibility index (Phi) is 6.96. The molecule has 0 bridgehead atoms. The van der Waals surface area contributed by atoms with Gasteiger partial charge in [0.05, 0.1) is 18.6 Å². The Balaban J connectivity index is 1.71. The van der Waals surface area contributed by atoms with Gasteiger partial charge in [0.2, 0.25) is 5.91 Å². The van der Waals surface area contributed by atoms with Crippen LogP contribution in [0.25, 0.3) is 0 Å². The zero-order valence-electron chi connectivity index (χ0n) is 20.2. The third kappa shape index (κ3) is 4.43. The number of imide groups is 1. The van der Waals surface area contributed by atoms with Crippen molar-refractivity contribution in [2.45, 2.75) is 57.6 Å². The van der Waals surface area contributed by atoms with Gasteiger partial charge in [0, 0.05) is 13.0 Å². The number of hydrogen-bond acceptors (Lipinski definition) is 5. The van der Waals surface area contributed by atoms with Crippen LogP contribution in [0.15, 0.2) is 60.7 Å². The number of rotatable bonds is 6. The van der Waals surface area contributed by atoms with Crippen LogP contribution in [0.5, 0.6) is 0 Å². The fraction of sp³-hybridized carbons (Fsp3) is 0.462. The highest BCUT2D eigenvalue weighted by Crippen LogP contribution is 2.40. The van der Waals surface area contributed by atoms with Crippen molar-refractivity contribution < 1.29 is 23.9 Å². The lowest BCUT2D eigenvalue weighted by Gasteiger charge is -2.45. The quantitative estimate of drug-likeness (QED) is 0.617. The van der Waals surface area contributed by atoms with E-state index in [1.54, 1.807) is 11.8 Å². The molecule has 0 spiro atoms. The zero-order valence-corrected chi connectivity index (χ0v) is 21.2. The van der Waals surface area contributed by atoms with E-state index in [9.17, 15) is 14.7 Å². The lowest BCUT2D eigenvalue weighted by molar-refractivity contribution is -0.128. The summed E-state index contributed by atoms with van der Waals surface area (Å²) >= 11 is 0. The van der Waals surface area contributed by atoms with Gasteiger partial charge in [-0.2, -0.15) is 0 Å². The molecule has 2 aromatic carbocycles. The molecular formula is C26H34N2O5Si. The van der Waals surface area contributed by atoms with E-state index in [0.717, 1.165) is 10.4 Å². The number of urea groups is 1. The maximum absolute atomic E-state index is 12.5. The molecule has 0 aromatic heterocycles. The largest absolute Gasteiger partial charge is 0.402 e. The molecule has 2 heterocycles. The van der Waals surface area contributed by atoms with Gasteiger partial charge in [-0.3, -0.25) is 15.0 Å². The second kappa shape index (κ2) is 9.62. The van der Waals surface area contributed by atoms with Crippen molar-refractivity contribution in [2.75, 3.05) is 13.2 Å². The number of amides is 3. The summed E-state index contributed by atoms with van der Waals surface area (Å²) < 4.78 is 13.3. The lowest BCUT2D eigenvalue weighted by Crippen LogP contribution is -2.68. The van der Waals surface area contributed by atoms with Gasteiger partial charge in [0.25, 0.3) is 8.32 Å². The summed E-state index contributed by atoms with van der Waals surface area (Å²) in [5.41, 5.74) is 0. The van der Waals surface area contributed by atoms with Crippen molar-refractivity contribution in [2.24, 2.45) is 5.92 Å². The van der Waals surface area contributed by atoms with Crippen molar-refractivity contribution in [1.29, 1.82) is 0 Å². The number of nitrogens with one attached hydrogen (secondary N) is 1. The molecule has 0 aliphatic carbocycles. The van der Waals surface area contributed by atoms with Gasteiger partial charge in [-0.25, -0.2) is 4.79 Å². The first-order chi connectivity index (χ1) is 16.2. The van der Waals surface area contributed by atoms with E-state index in [1.807, 2.05) is 36.4 Å². The van der Waals surface area contributed by atoms with Gasteiger partial charge in [0.1, 0.15) is 12.3 Å². The van der Waals surface area contributed by atoms with Gasteiger partial charge >= 0.3 is 6.03 Å². The number of aliphatic hydroxyl groups excluding tert-OH is 1. The molecule has 4 rings (SSSR count). The fourth-order valence-corrected chi connectivity index (χ4v) is 9.83. The van der Waals surface area contributed by atoms with Crippen molar-refractivity contribution in [3.05, 3.63) is 60.7 Å². The Morgan fingerprint density at radius 1 is 1.06 bits per heavy atom. The van der Waals surface area contributed by atoms with Crippen LogP contribution in [-0.2, 0) is 14.0 Å². The van der Waals surface area contributed by atoms with Crippen LogP contribution in [0.3, 0.4) is 0 Å². The molecule has 2 aliphatic rings. The first kappa shape index (κ1) is 24.6. The lowest BCUT2D eigenvalue weighted by atomic mass is 10.1. The van der Waals surface area contributed by atoms with E-state index in [4.69, 9.17) is 9.16 Å². The van der Waals surface area contributed by atoms with Crippen molar-refractivity contribution in [1.82, 2.24) is 10.2 Å². The highest BCUT2D eigenvalue weighted by Gasteiger charge is 2.54. The predicted octanol–water partition coefficient (Wildman–Crippen LogP) is 2.23. The van der Waals surface area contributed by atoms with E-state index in [0.29, 0.717) is 6.42 Å². The molecule has 0 radical (unpaired) electrons. The van der Waals surface area contributed by atoms with Crippen LogP contribution in [0.1, 0.15) is 34.1 Å². The summed E-state index contributed by atoms with van der Waals surface area (Å²) in [6.07, 6.45) is -1.14. The van der Waals surface area contributed by atoms with Crippen molar-refractivity contribution in [3.63, 3.8) is 0 Å². The minimum Gasteiger partial charge on any atom is -0.402 e. The van der Waals surface area contributed by atoms with Crippen LogP contribution >= 0.6 is 0 Å². The SMILES string of the molecule is CC1CN([C@H]2C[C@H](O[Si](c3ccccc3)(c3ccccc3)C(C)(C)C)[C@@H](CO)O2)C(=O)NC1=O. The van der Waals surface area contributed by atoms with Crippen LogP contribution in [0.2, 0.25) is 5.04 Å². The summed E-state index contributed by atoms with van der Waals surface area (Å²) in [5.74, 6) is -0.608. The molecule has 1 unspecified atom stereocenters. The van der Waals surface area contributed by atoms with E-state index in [1.165, 1.54) is 0 Å². The Morgan fingerprint density at radius 2 is 1.62 bits per heavy atom. The fourth-order valence-electron chi connectivity index (χ4n) is 5.11. The molecule has 34 heavy (non-hydrogen) atoms. The Morgan fingerprint density at radius 3 is 2.12 bits per heavy atom. The zero-order chi connectivity index (χ0) is 24.5. The molecule has 2 N–H and O–H groups in total. The third-order valence-electron chi connectivity index (χ3n) is 6.86.